The van der Waals surface area contributed by atoms with E-state index < -0.39 is 0 Å². The lowest BCUT2D eigenvalue weighted by Gasteiger charge is -2.10. The molecule has 0 bridgehead atoms. The number of para-hydroxylation sites is 1. The van der Waals surface area contributed by atoms with E-state index in [2.05, 4.69) is 10.6 Å². The Morgan fingerprint density at radius 3 is 2.53 bits per heavy atom. The van der Waals surface area contributed by atoms with Crippen LogP contribution in [0.2, 0.25) is 0 Å². The molecule has 0 aromatic heterocycles. The molecule has 0 fully saturated rings. The molecule has 2 amide bonds. The monoisotopic (exact) mass is 264 g/mol. The van der Waals surface area contributed by atoms with Crippen LogP contribution >= 0.6 is 0 Å². The molecule has 0 saturated carbocycles. The third kappa shape index (κ3) is 4.99. The van der Waals surface area contributed by atoms with E-state index in [9.17, 15) is 9.59 Å². The van der Waals surface area contributed by atoms with Crippen molar-refractivity contribution in [1.82, 2.24) is 10.6 Å². The third-order valence-electron chi connectivity index (χ3n) is 2.47. The molecule has 1 aromatic rings. The Bertz CT molecular complexity index is 444. The highest BCUT2D eigenvalue weighted by Crippen LogP contribution is 2.16. The number of methoxy groups -OCH3 is 1. The summed E-state index contributed by atoms with van der Waals surface area (Å²) >= 11 is 0. The molecule has 2 N–H and O–H groups in total. The van der Waals surface area contributed by atoms with Crippen LogP contribution in [-0.2, 0) is 4.79 Å². The predicted octanol–water partition coefficient (Wildman–Crippen LogP) is 1.20. The van der Waals surface area contributed by atoms with Crippen LogP contribution in [0, 0.1) is 5.92 Å². The van der Waals surface area contributed by atoms with Gasteiger partial charge in [-0.2, -0.15) is 0 Å². The van der Waals surface area contributed by atoms with Crippen molar-refractivity contribution in [3.8, 4) is 5.75 Å². The third-order valence-corrected chi connectivity index (χ3v) is 2.47. The topological polar surface area (TPSA) is 67.4 Å². The van der Waals surface area contributed by atoms with Crippen molar-refractivity contribution < 1.29 is 14.3 Å². The van der Waals surface area contributed by atoms with E-state index in [1.54, 1.807) is 24.3 Å². The molecule has 0 saturated heterocycles. The van der Waals surface area contributed by atoms with E-state index in [-0.39, 0.29) is 18.4 Å². The fourth-order valence-corrected chi connectivity index (χ4v) is 1.47. The molecule has 0 spiro atoms. The molecule has 104 valence electrons. The Hall–Kier alpha value is -2.04. The van der Waals surface area contributed by atoms with Gasteiger partial charge in [0.15, 0.2) is 0 Å². The Kier molecular flexibility index (Phi) is 5.85. The van der Waals surface area contributed by atoms with Crippen LogP contribution in [-0.4, -0.2) is 32.0 Å². The van der Waals surface area contributed by atoms with Gasteiger partial charge in [-0.3, -0.25) is 9.59 Å². The lowest BCUT2D eigenvalue weighted by molar-refractivity contribution is -0.120. The van der Waals surface area contributed by atoms with E-state index in [1.807, 2.05) is 13.8 Å². The number of amides is 2. The lowest BCUT2D eigenvalue weighted by atomic mass is 10.2. The number of hydrogen-bond acceptors (Lipinski definition) is 3. The van der Waals surface area contributed by atoms with E-state index in [4.69, 9.17) is 4.74 Å². The van der Waals surface area contributed by atoms with Gasteiger partial charge in [-0.15, -0.1) is 0 Å². The highest BCUT2D eigenvalue weighted by atomic mass is 16.5. The van der Waals surface area contributed by atoms with Gasteiger partial charge in [0, 0.05) is 6.54 Å². The normalized spacial score (nSPS) is 10.1. The molecule has 1 rings (SSSR count). The summed E-state index contributed by atoms with van der Waals surface area (Å²) in [5, 5.41) is 5.30. The highest BCUT2D eigenvalue weighted by molar-refractivity contribution is 5.98. The minimum Gasteiger partial charge on any atom is -0.496 e. The first-order valence-corrected chi connectivity index (χ1v) is 6.22. The van der Waals surface area contributed by atoms with Crippen LogP contribution in [0.3, 0.4) is 0 Å². The second-order valence-electron chi connectivity index (χ2n) is 4.58. The summed E-state index contributed by atoms with van der Waals surface area (Å²) in [6.07, 6.45) is 0. The molecule has 1 aromatic carbocycles. The predicted molar refractivity (Wildman–Crippen MR) is 73.2 cm³/mol. The minimum atomic E-state index is -0.322. The number of rotatable bonds is 6. The first-order valence-electron chi connectivity index (χ1n) is 6.22. The molecule has 0 aliphatic carbocycles. The van der Waals surface area contributed by atoms with Gasteiger partial charge in [0.2, 0.25) is 5.91 Å². The van der Waals surface area contributed by atoms with Crippen molar-refractivity contribution in [2.75, 3.05) is 20.2 Å². The molecule has 0 unspecified atom stereocenters. The van der Waals surface area contributed by atoms with Gasteiger partial charge in [-0.25, -0.2) is 0 Å². The van der Waals surface area contributed by atoms with E-state index >= 15 is 0 Å². The summed E-state index contributed by atoms with van der Waals surface area (Å²) in [6, 6.07) is 6.88. The number of benzene rings is 1. The molecule has 0 heterocycles. The van der Waals surface area contributed by atoms with Gasteiger partial charge >= 0.3 is 0 Å². The average Bonchev–Trinajstić information content (AvgIpc) is 2.42. The number of carbonyl (C=O) groups is 2. The van der Waals surface area contributed by atoms with Crippen LogP contribution in [0.1, 0.15) is 24.2 Å². The largest absolute Gasteiger partial charge is 0.496 e. The van der Waals surface area contributed by atoms with Gasteiger partial charge in [-0.1, -0.05) is 26.0 Å². The summed E-state index contributed by atoms with van der Waals surface area (Å²) < 4.78 is 5.09. The van der Waals surface area contributed by atoms with Gasteiger partial charge < -0.3 is 15.4 Å². The Balaban J connectivity index is 2.49. The van der Waals surface area contributed by atoms with Crippen LogP contribution in [0.5, 0.6) is 5.75 Å². The van der Waals surface area contributed by atoms with Crippen molar-refractivity contribution in [2.24, 2.45) is 5.92 Å². The summed E-state index contributed by atoms with van der Waals surface area (Å²) in [5.74, 6) is 0.352. The Morgan fingerprint density at radius 1 is 1.21 bits per heavy atom. The fourth-order valence-electron chi connectivity index (χ4n) is 1.47. The zero-order valence-electron chi connectivity index (χ0n) is 11.5. The first kappa shape index (κ1) is 15.0. The molecular weight excluding hydrogens is 244 g/mol. The molecule has 5 nitrogen and oxygen atoms in total. The molecule has 0 atom stereocenters. The average molecular weight is 264 g/mol. The van der Waals surface area contributed by atoms with Crippen molar-refractivity contribution in [3.63, 3.8) is 0 Å². The van der Waals surface area contributed by atoms with Crippen LogP contribution in [0.4, 0.5) is 0 Å². The number of carbonyl (C=O) groups excluding carboxylic acids is 2. The number of hydrogen-bond donors (Lipinski definition) is 2. The van der Waals surface area contributed by atoms with Gasteiger partial charge in [0.05, 0.1) is 19.2 Å². The SMILES string of the molecule is COc1ccccc1C(=O)NCC(=O)NCC(C)C. The van der Waals surface area contributed by atoms with Crippen molar-refractivity contribution >= 4 is 11.8 Å². The number of ether oxygens (including phenoxy) is 1. The maximum absolute atomic E-state index is 11.9. The summed E-state index contributed by atoms with van der Waals surface area (Å²) in [6.45, 7) is 4.58. The maximum Gasteiger partial charge on any atom is 0.255 e. The molecule has 19 heavy (non-hydrogen) atoms. The minimum absolute atomic E-state index is 0.0381. The first-order chi connectivity index (χ1) is 9.04. The molecule has 0 aliphatic rings. The summed E-state index contributed by atoms with van der Waals surface area (Å²) in [7, 11) is 1.50. The smallest absolute Gasteiger partial charge is 0.255 e. The van der Waals surface area contributed by atoms with Crippen molar-refractivity contribution in [1.29, 1.82) is 0 Å². The standard InChI is InChI=1S/C14H20N2O3/c1-10(2)8-15-13(17)9-16-14(18)11-6-4-5-7-12(11)19-3/h4-7,10H,8-9H2,1-3H3,(H,15,17)(H,16,18). The van der Waals surface area contributed by atoms with Crippen molar-refractivity contribution in [3.05, 3.63) is 29.8 Å². The Morgan fingerprint density at radius 2 is 1.89 bits per heavy atom. The highest BCUT2D eigenvalue weighted by Gasteiger charge is 2.12. The zero-order valence-corrected chi connectivity index (χ0v) is 11.5. The quantitative estimate of drug-likeness (QED) is 0.811. The molecule has 0 radical (unpaired) electrons. The van der Waals surface area contributed by atoms with Gasteiger partial charge in [0.25, 0.3) is 5.91 Å². The maximum atomic E-state index is 11.9. The summed E-state index contributed by atoms with van der Waals surface area (Å²) in [4.78, 5) is 23.4. The van der Waals surface area contributed by atoms with Crippen molar-refractivity contribution in [2.45, 2.75) is 13.8 Å². The fraction of sp³-hybridized carbons (Fsp3) is 0.429. The Labute approximate surface area is 113 Å². The lowest BCUT2D eigenvalue weighted by Crippen LogP contribution is -2.38. The van der Waals surface area contributed by atoms with Gasteiger partial charge in [0.1, 0.15) is 5.75 Å². The number of nitrogens with one attached hydrogen (secondary N) is 2. The summed E-state index contributed by atoms with van der Waals surface area (Å²) in [5.41, 5.74) is 0.418. The second kappa shape index (κ2) is 7.41. The van der Waals surface area contributed by atoms with Crippen LogP contribution < -0.4 is 15.4 Å². The zero-order chi connectivity index (χ0) is 14.3. The second-order valence-corrected chi connectivity index (χ2v) is 4.58. The van der Waals surface area contributed by atoms with E-state index in [1.165, 1.54) is 7.11 Å². The molecule has 5 heteroatoms. The van der Waals surface area contributed by atoms with Crippen LogP contribution in [0.25, 0.3) is 0 Å². The van der Waals surface area contributed by atoms with E-state index in [0.29, 0.717) is 23.8 Å². The van der Waals surface area contributed by atoms with Gasteiger partial charge in [-0.05, 0) is 18.1 Å². The van der Waals surface area contributed by atoms with Crippen LogP contribution in [0.15, 0.2) is 24.3 Å². The molecule has 0 aliphatic heterocycles. The molecular formula is C14H20N2O3. The van der Waals surface area contributed by atoms with E-state index in [0.717, 1.165) is 0 Å².